The first-order chi connectivity index (χ1) is 9.54. The zero-order valence-electron chi connectivity index (χ0n) is 12.1. The minimum Gasteiger partial charge on any atom is -0.326 e. The summed E-state index contributed by atoms with van der Waals surface area (Å²) in [6, 6.07) is 4.75. The van der Waals surface area contributed by atoms with E-state index >= 15 is 0 Å². The molecule has 1 rings (SSSR count). The minimum absolute atomic E-state index is 0.0331. The highest BCUT2D eigenvalue weighted by atomic mass is 16.6. The predicted molar refractivity (Wildman–Crippen MR) is 79.8 cm³/mol. The lowest BCUT2D eigenvalue weighted by molar-refractivity contribution is -0.385. The van der Waals surface area contributed by atoms with Gasteiger partial charge in [0.1, 0.15) is 0 Å². The van der Waals surface area contributed by atoms with E-state index in [4.69, 9.17) is 0 Å². The Morgan fingerprint density at radius 3 is 2.60 bits per heavy atom. The number of nitrogens with zero attached hydrogens (tertiary/aromatic N) is 1. The van der Waals surface area contributed by atoms with Crippen molar-refractivity contribution >= 4 is 17.3 Å². The number of carbonyl (C=O) groups excluding carboxylic acids is 1. The fourth-order valence-electron chi connectivity index (χ4n) is 2.00. The Hall–Kier alpha value is -1.91. The van der Waals surface area contributed by atoms with Gasteiger partial charge in [0, 0.05) is 23.7 Å². The highest BCUT2D eigenvalue weighted by molar-refractivity contribution is 5.91. The van der Waals surface area contributed by atoms with Gasteiger partial charge in [0.15, 0.2) is 0 Å². The van der Waals surface area contributed by atoms with Crippen LogP contribution in [0.1, 0.15) is 51.0 Å². The highest BCUT2D eigenvalue weighted by Gasteiger charge is 2.12. The van der Waals surface area contributed by atoms with Crippen LogP contribution in [-0.4, -0.2) is 10.8 Å². The van der Waals surface area contributed by atoms with Crippen molar-refractivity contribution in [3.8, 4) is 0 Å². The first kappa shape index (κ1) is 16.1. The van der Waals surface area contributed by atoms with E-state index in [1.54, 1.807) is 19.1 Å². The molecule has 0 aliphatic heterocycles. The number of nitro groups is 1. The van der Waals surface area contributed by atoms with Gasteiger partial charge in [0.05, 0.1) is 4.92 Å². The standard InChI is InChI=1S/C15H22N2O3/c1-3-4-5-6-7-8-15(18)16-13-10-9-12(2)14(11-13)17(19)20/h9-11H,3-8H2,1-2H3,(H,16,18). The molecule has 0 radical (unpaired) electrons. The summed E-state index contributed by atoms with van der Waals surface area (Å²) in [4.78, 5) is 22.1. The number of rotatable bonds is 8. The topological polar surface area (TPSA) is 72.2 Å². The van der Waals surface area contributed by atoms with Crippen LogP contribution in [0.3, 0.4) is 0 Å². The molecular weight excluding hydrogens is 256 g/mol. The van der Waals surface area contributed by atoms with Crippen LogP contribution in [-0.2, 0) is 4.79 Å². The Balaban J connectivity index is 2.46. The number of unbranched alkanes of at least 4 members (excludes halogenated alkanes) is 4. The molecule has 5 nitrogen and oxygen atoms in total. The Morgan fingerprint density at radius 1 is 1.25 bits per heavy atom. The van der Waals surface area contributed by atoms with Gasteiger partial charge in [0.2, 0.25) is 5.91 Å². The molecule has 0 atom stereocenters. The van der Waals surface area contributed by atoms with E-state index in [-0.39, 0.29) is 11.6 Å². The number of benzene rings is 1. The number of hydrogen-bond acceptors (Lipinski definition) is 3. The number of anilines is 1. The molecule has 0 saturated carbocycles. The molecule has 0 aliphatic carbocycles. The zero-order chi connectivity index (χ0) is 15.0. The molecule has 0 fully saturated rings. The van der Waals surface area contributed by atoms with Crippen molar-refractivity contribution < 1.29 is 9.72 Å². The van der Waals surface area contributed by atoms with E-state index in [1.807, 2.05) is 0 Å². The predicted octanol–water partition coefficient (Wildman–Crippen LogP) is 4.20. The molecule has 1 amide bonds. The van der Waals surface area contributed by atoms with Crippen molar-refractivity contribution in [3.63, 3.8) is 0 Å². The molecule has 20 heavy (non-hydrogen) atoms. The number of amides is 1. The van der Waals surface area contributed by atoms with Gasteiger partial charge in [-0.15, -0.1) is 0 Å². The summed E-state index contributed by atoms with van der Waals surface area (Å²) in [7, 11) is 0. The van der Waals surface area contributed by atoms with Crippen molar-refractivity contribution in [2.24, 2.45) is 0 Å². The van der Waals surface area contributed by atoms with Crippen LogP contribution < -0.4 is 5.32 Å². The average molecular weight is 278 g/mol. The van der Waals surface area contributed by atoms with Gasteiger partial charge in [-0.3, -0.25) is 14.9 Å². The first-order valence-corrected chi connectivity index (χ1v) is 7.09. The summed E-state index contributed by atoms with van der Waals surface area (Å²) in [5.74, 6) is -0.0837. The van der Waals surface area contributed by atoms with Crippen LogP contribution in [0.15, 0.2) is 18.2 Å². The van der Waals surface area contributed by atoms with E-state index in [2.05, 4.69) is 12.2 Å². The van der Waals surface area contributed by atoms with E-state index in [0.717, 1.165) is 19.3 Å². The van der Waals surface area contributed by atoms with Crippen molar-refractivity contribution in [1.29, 1.82) is 0 Å². The summed E-state index contributed by atoms with van der Waals surface area (Å²) in [6.45, 7) is 3.83. The second kappa shape index (κ2) is 8.30. The molecule has 1 N–H and O–H groups in total. The molecule has 1 aromatic rings. The van der Waals surface area contributed by atoms with Gasteiger partial charge in [-0.05, 0) is 19.4 Å². The SMILES string of the molecule is CCCCCCCC(=O)Nc1ccc(C)c([N+](=O)[O-])c1. The van der Waals surface area contributed by atoms with Crippen LogP contribution in [0.4, 0.5) is 11.4 Å². The van der Waals surface area contributed by atoms with E-state index in [9.17, 15) is 14.9 Å². The third kappa shape index (κ3) is 5.38. The van der Waals surface area contributed by atoms with Crippen LogP contribution >= 0.6 is 0 Å². The van der Waals surface area contributed by atoms with Gasteiger partial charge in [-0.1, -0.05) is 38.7 Å². The number of carbonyl (C=O) groups is 1. The lowest BCUT2D eigenvalue weighted by Gasteiger charge is -2.06. The Kier molecular flexibility index (Phi) is 6.70. The van der Waals surface area contributed by atoms with Crippen molar-refractivity contribution in [1.82, 2.24) is 0 Å². The maximum Gasteiger partial charge on any atom is 0.274 e. The number of aryl methyl sites for hydroxylation is 1. The molecule has 0 spiro atoms. The van der Waals surface area contributed by atoms with Gasteiger partial charge in [-0.2, -0.15) is 0 Å². The fraction of sp³-hybridized carbons (Fsp3) is 0.533. The lowest BCUT2D eigenvalue weighted by atomic mass is 10.1. The number of nitro benzene ring substituents is 1. The van der Waals surface area contributed by atoms with Crippen molar-refractivity contribution in [3.05, 3.63) is 33.9 Å². The molecule has 5 heteroatoms. The van der Waals surface area contributed by atoms with Gasteiger partial charge in [0.25, 0.3) is 5.69 Å². The zero-order valence-corrected chi connectivity index (χ0v) is 12.1. The van der Waals surface area contributed by atoms with Crippen LogP contribution in [0.2, 0.25) is 0 Å². The van der Waals surface area contributed by atoms with Crippen LogP contribution in [0.5, 0.6) is 0 Å². The summed E-state index contributed by atoms with van der Waals surface area (Å²) in [5.41, 5.74) is 1.11. The second-order valence-electron chi connectivity index (χ2n) is 4.97. The Morgan fingerprint density at radius 2 is 1.95 bits per heavy atom. The van der Waals surface area contributed by atoms with Gasteiger partial charge in [-0.25, -0.2) is 0 Å². The van der Waals surface area contributed by atoms with E-state index in [1.165, 1.54) is 18.9 Å². The summed E-state index contributed by atoms with van der Waals surface area (Å²) < 4.78 is 0. The largest absolute Gasteiger partial charge is 0.326 e. The normalized spacial score (nSPS) is 10.3. The first-order valence-electron chi connectivity index (χ1n) is 7.09. The molecule has 1 aromatic carbocycles. The highest BCUT2D eigenvalue weighted by Crippen LogP contribution is 2.22. The number of nitrogens with one attached hydrogen (secondary N) is 1. The van der Waals surface area contributed by atoms with Gasteiger partial charge < -0.3 is 5.32 Å². The van der Waals surface area contributed by atoms with E-state index in [0.29, 0.717) is 17.7 Å². The quantitative estimate of drug-likeness (QED) is 0.440. The minimum atomic E-state index is -0.435. The monoisotopic (exact) mass is 278 g/mol. The van der Waals surface area contributed by atoms with Crippen LogP contribution in [0, 0.1) is 17.0 Å². The molecule has 0 bridgehead atoms. The molecule has 0 aromatic heterocycles. The lowest BCUT2D eigenvalue weighted by Crippen LogP contribution is -2.11. The smallest absolute Gasteiger partial charge is 0.274 e. The maximum absolute atomic E-state index is 11.7. The van der Waals surface area contributed by atoms with Gasteiger partial charge >= 0.3 is 0 Å². The average Bonchev–Trinajstić information content (AvgIpc) is 2.40. The fourth-order valence-corrected chi connectivity index (χ4v) is 2.00. The van der Waals surface area contributed by atoms with Crippen LogP contribution in [0.25, 0.3) is 0 Å². The summed E-state index contributed by atoms with van der Waals surface area (Å²) in [6.07, 6.45) is 5.91. The molecular formula is C15H22N2O3. The van der Waals surface area contributed by atoms with E-state index < -0.39 is 4.92 Å². The molecule has 0 heterocycles. The molecule has 0 unspecified atom stereocenters. The van der Waals surface area contributed by atoms with Crippen molar-refractivity contribution in [2.75, 3.05) is 5.32 Å². The Bertz CT molecular complexity index is 472. The number of hydrogen-bond donors (Lipinski definition) is 1. The molecule has 0 saturated heterocycles. The Labute approximate surface area is 119 Å². The summed E-state index contributed by atoms with van der Waals surface area (Å²) >= 11 is 0. The maximum atomic E-state index is 11.7. The molecule has 110 valence electrons. The molecule has 0 aliphatic rings. The third-order valence-electron chi connectivity index (χ3n) is 3.20. The third-order valence-corrected chi connectivity index (χ3v) is 3.20. The second-order valence-corrected chi connectivity index (χ2v) is 4.97. The van der Waals surface area contributed by atoms with Crippen molar-refractivity contribution in [2.45, 2.75) is 52.4 Å². The summed E-state index contributed by atoms with van der Waals surface area (Å²) in [5, 5.41) is 13.5.